The Morgan fingerprint density at radius 3 is 2.25 bits per heavy atom. The minimum Gasteiger partial charge on any atom is -0.481 e. The smallest absolute Gasteiger partial charge is 0.306 e. The Morgan fingerprint density at radius 1 is 1.20 bits per heavy atom. The maximum Gasteiger partial charge on any atom is 0.306 e. The SMILES string of the molecule is Cc1nc(-c2ccncc2)nc(C)c1CC(C)C(=O)O. The molecule has 0 bridgehead atoms. The van der Waals surface area contributed by atoms with Crippen molar-refractivity contribution in [2.45, 2.75) is 27.2 Å². The highest BCUT2D eigenvalue weighted by Gasteiger charge is 2.17. The Hall–Kier alpha value is -2.30. The number of carboxylic acids is 1. The standard InChI is InChI=1S/C15H17N3O2/c1-9(15(19)20)8-13-10(2)17-14(18-11(13)3)12-4-6-16-7-5-12/h4-7,9H,8H2,1-3H3,(H,19,20). The van der Waals surface area contributed by atoms with Crippen molar-refractivity contribution in [2.24, 2.45) is 5.92 Å². The third-order valence-corrected chi connectivity index (χ3v) is 3.29. The van der Waals surface area contributed by atoms with Crippen LogP contribution >= 0.6 is 0 Å². The summed E-state index contributed by atoms with van der Waals surface area (Å²) in [5.74, 6) is -0.598. The van der Waals surface area contributed by atoms with E-state index in [4.69, 9.17) is 5.11 Å². The molecule has 1 unspecified atom stereocenters. The minimum atomic E-state index is -0.804. The molecule has 0 fully saturated rings. The molecule has 20 heavy (non-hydrogen) atoms. The Morgan fingerprint density at radius 2 is 1.75 bits per heavy atom. The predicted octanol–water partition coefficient (Wildman–Crippen LogP) is 2.42. The van der Waals surface area contributed by atoms with Crippen LogP contribution in [0.1, 0.15) is 23.9 Å². The van der Waals surface area contributed by atoms with Gasteiger partial charge in [0.25, 0.3) is 0 Å². The molecule has 2 heterocycles. The number of rotatable bonds is 4. The van der Waals surface area contributed by atoms with Gasteiger partial charge in [-0.2, -0.15) is 0 Å². The van der Waals surface area contributed by atoms with Crippen molar-refractivity contribution in [3.63, 3.8) is 0 Å². The Balaban J connectivity index is 2.37. The van der Waals surface area contributed by atoms with Crippen molar-refractivity contribution in [3.05, 3.63) is 41.5 Å². The normalized spacial score (nSPS) is 12.2. The lowest BCUT2D eigenvalue weighted by Gasteiger charge is -2.13. The van der Waals surface area contributed by atoms with Gasteiger partial charge >= 0.3 is 5.97 Å². The third-order valence-electron chi connectivity index (χ3n) is 3.29. The van der Waals surface area contributed by atoms with E-state index >= 15 is 0 Å². The van der Waals surface area contributed by atoms with Gasteiger partial charge in [-0.25, -0.2) is 9.97 Å². The van der Waals surface area contributed by atoms with Gasteiger partial charge in [0.05, 0.1) is 5.92 Å². The van der Waals surface area contributed by atoms with Crippen molar-refractivity contribution < 1.29 is 9.90 Å². The van der Waals surface area contributed by atoms with Crippen LogP contribution < -0.4 is 0 Å². The summed E-state index contributed by atoms with van der Waals surface area (Å²) in [7, 11) is 0. The molecule has 2 aromatic heterocycles. The Kier molecular flexibility index (Phi) is 4.08. The molecule has 0 aliphatic rings. The number of hydrogen-bond donors (Lipinski definition) is 1. The number of hydrogen-bond acceptors (Lipinski definition) is 4. The first-order valence-electron chi connectivity index (χ1n) is 6.46. The van der Waals surface area contributed by atoms with Crippen LogP contribution in [0.15, 0.2) is 24.5 Å². The molecular formula is C15H17N3O2. The molecule has 0 spiro atoms. The van der Waals surface area contributed by atoms with E-state index in [9.17, 15) is 4.79 Å². The first kappa shape index (κ1) is 14.1. The van der Waals surface area contributed by atoms with Crippen LogP contribution in [0, 0.1) is 19.8 Å². The lowest BCUT2D eigenvalue weighted by atomic mass is 9.99. The van der Waals surface area contributed by atoms with Crippen LogP contribution in [0.5, 0.6) is 0 Å². The second kappa shape index (κ2) is 5.77. The minimum absolute atomic E-state index is 0.442. The molecule has 1 atom stereocenters. The van der Waals surface area contributed by atoms with Gasteiger partial charge in [-0.3, -0.25) is 9.78 Å². The van der Waals surface area contributed by atoms with Crippen LogP contribution in [0.2, 0.25) is 0 Å². The number of carboxylic acid groups (broad SMARTS) is 1. The van der Waals surface area contributed by atoms with Crippen LogP contribution in [-0.4, -0.2) is 26.0 Å². The van der Waals surface area contributed by atoms with E-state index in [1.54, 1.807) is 19.3 Å². The number of carbonyl (C=O) groups is 1. The van der Waals surface area contributed by atoms with Crippen LogP contribution in [0.3, 0.4) is 0 Å². The number of aromatic nitrogens is 3. The van der Waals surface area contributed by atoms with Gasteiger partial charge in [-0.05, 0) is 38.0 Å². The molecule has 1 N–H and O–H groups in total. The zero-order valence-corrected chi connectivity index (χ0v) is 11.8. The van der Waals surface area contributed by atoms with Gasteiger partial charge in [0.1, 0.15) is 0 Å². The fourth-order valence-electron chi connectivity index (χ4n) is 2.06. The summed E-state index contributed by atoms with van der Waals surface area (Å²) in [5.41, 5.74) is 3.48. The molecular weight excluding hydrogens is 254 g/mol. The lowest BCUT2D eigenvalue weighted by molar-refractivity contribution is -0.141. The van der Waals surface area contributed by atoms with Gasteiger partial charge < -0.3 is 5.11 Å². The van der Waals surface area contributed by atoms with Crippen molar-refractivity contribution in [3.8, 4) is 11.4 Å². The van der Waals surface area contributed by atoms with E-state index in [2.05, 4.69) is 15.0 Å². The molecule has 2 aromatic rings. The first-order valence-corrected chi connectivity index (χ1v) is 6.46. The topological polar surface area (TPSA) is 76.0 Å². The highest BCUT2D eigenvalue weighted by molar-refractivity contribution is 5.70. The molecule has 0 aliphatic heterocycles. The summed E-state index contributed by atoms with van der Waals surface area (Å²) in [5, 5.41) is 9.01. The molecule has 0 saturated carbocycles. The average molecular weight is 271 g/mol. The van der Waals surface area contributed by atoms with Crippen LogP contribution in [0.25, 0.3) is 11.4 Å². The zero-order chi connectivity index (χ0) is 14.7. The quantitative estimate of drug-likeness (QED) is 0.924. The highest BCUT2D eigenvalue weighted by atomic mass is 16.4. The summed E-state index contributed by atoms with van der Waals surface area (Å²) in [6.07, 6.45) is 3.84. The summed E-state index contributed by atoms with van der Waals surface area (Å²) in [6.45, 7) is 5.48. The molecule has 0 amide bonds. The second-order valence-electron chi connectivity index (χ2n) is 4.88. The van der Waals surface area contributed by atoms with E-state index in [1.165, 1.54) is 0 Å². The van der Waals surface area contributed by atoms with E-state index < -0.39 is 11.9 Å². The van der Waals surface area contributed by atoms with Gasteiger partial charge in [0, 0.05) is 29.3 Å². The first-order chi connectivity index (χ1) is 9.49. The van der Waals surface area contributed by atoms with E-state index in [0.29, 0.717) is 12.2 Å². The Bertz CT molecular complexity index is 603. The molecule has 2 rings (SSSR count). The fourth-order valence-corrected chi connectivity index (χ4v) is 2.06. The van der Waals surface area contributed by atoms with Crippen LogP contribution in [-0.2, 0) is 11.2 Å². The fraction of sp³-hybridized carbons (Fsp3) is 0.333. The zero-order valence-electron chi connectivity index (χ0n) is 11.8. The molecule has 5 nitrogen and oxygen atoms in total. The maximum atomic E-state index is 11.0. The summed E-state index contributed by atoms with van der Waals surface area (Å²) < 4.78 is 0. The van der Waals surface area contributed by atoms with E-state index in [0.717, 1.165) is 22.5 Å². The number of nitrogens with zero attached hydrogens (tertiary/aromatic N) is 3. The number of aryl methyl sites for hydroxylation is 2. The van der Waals surface area contributed by atoms with Gasteiger partial charge in [0.2, 0.25) is 0 Å². The average Bonchev–Trinajstić information content (AvgIpc) is 2.43. The molecule has 0 aromatic carbocycles. The summed E-state index contributed by atoms with van der Waals surface area (Å²) in [6, 6.07) is 3.71. The van der Waals surface area contributed by atoms with Gasteiger partial charge in [-0.1, -0.05) is 6.92 Å². The van der Waals surface area contributed by atoms with Gasteiger partial charge in [-0.15, -0.1) is 0 Å². The van der Waals surface area contributed by atoms with E-state index in [-0.39, 0.29) is 0 Å². The van der Waals surface area contributed by atoms with Crippen molar-refractivity contribution in [1.82, 2.24) is 15.0 Å². The summed E-state index contributed by atoms with van der Waals surface area (Å²) >= 11 is 0. The van der Waals surface area contributed by atoms with Crippen molar-refractivity contribution in [1.29, 1.82) is 0 Å². The third kappa shape index (κ3) is 2.99. The van der Waals surface area contributed by atoms with Crippen LogP contribution in [0.4, 0.5) is 0 Å². The maximum absolute atomic E-state index is 11.0. The Labute approximate surface area is 117 Å². The largest absolute Gasteiger partial charge is 0.481 e. The molecule has 104 valence electrons. The van der Waals surface area contributed by atoms with Crippen molar-refractivity contribution >= 4 is 5.97 Å². The molecule has 0 saturated heterocycles. The lowest BCUT2D eigenvalue weighted by Crippen LogP contribution is -2.15. The number of aliphatic carboxylic acids is 1. The van der Waals surface area contributed by atoms with Crippen molar-refractivity contribution in [2.75, 3.05) is 0 Å². The summed E-state index contributed by atoms with van der Waals surface area (Å²) in [4.78, 5) is 23.9. The predicted molar refractivity (Wildman–Crippen MR) is 75.2 cm³/mol. The van der Waals surface area contributed by atoms with E-state index in [1.807, 2.05) is 26.0 Å². The monoisotopic (exact) mass is 271 g/mol. The second-order valence-corrected chi connectivity index (χ2v) is 4.88. The molecule has 5 heteroatoms. The number of pyridine rings is 1. The highest BCUT2D eigenvalue weighted by Crippen LogP contribution is 2.20. The molecule has 0 radical (unpaired) electrons. The van der Waals surface area contributed by atoms with Gasteiger partial charge in [0.15, 0.2) is 5.82 Å². The molecule has 0 aliphatic carbocycles.